The van der Waals surface area contributed by atoms with Crippen LogP contribution < -0.4 is 10.2 Å². The van der Waals surface area contributed by atoms with Crippen molar-refractivity contribution < 1.29 is 9.21 Å². The largest absolute Gasteiger partial charge is 0.423 e. The standard InChI is InChI=1S/C16H20ClN3O2/c1-10(2)18-15(21)11-5-7-20(8-6-11)16-19-13-4-3-12(17)9-14(13)22-16/h3-4,9-11H,5-8H2,1-2H3,(H,18,21). The summed E-state index contributed by atoms with van der Waals surface area (Å²) in [7, 11) is 0. The van der Waals surface area contributed by atoms with Crippen molar-refractivity contribution >= 4 is 34.6 Å². The molecule has 1 fully saturated rings. The first-order chi connectivity index (χ1) is 10.5. The Kier molecular flexibility index (Phi) is 4.25. The van der Waals surface area contributed by atoms with Crippen LogP contribution in [0.5, 0.6) is 0 Å². The van der Waals surface area contributed by atoms with E-state index in [-0.39, 0.29) is 17.9 Å². The number of fused-ring (bicyclic) bond motifs is 1. The van der Waals surface area contributed by atoms with Gasteiger partial charge in [0, 0.05) is 36.1 Å². The van der Waals surface area contributed by atoms with E-state index in [9.17, 15) is 4.79 Å². The number of piperidine rings is 1. The van der Waals surface area contributed by atoms with E-state index in [1.807, 2.05) is 19.9 Å². The molecule has 0 unspecified atom stereocenters. The second-order valence-electron chi connectivity index (χ2n) is 6.03. The highest BCUT2D eigenvalue weighted by molar-refractivity contribution is 6.31. The van der Waals surface area contributed by atoms with Crippen molar-refractivity contribution in [3.8, 4) is 0 Å². The van der Waals surface area contributed by atoms with E-state index in [0.29, 0.717) is 16.6 Å². The molecule has 0 radical (unpaired) electrons. The molecule has 1 N–H and O–H groups in total. The van der Waals surface area contributed by atoms with Crippen molar-refractivity contribution in [2.45, 2.75) is 32.7 Å². The fourth-order valence-electron chi connectivity index (χ4n) is 2.76. The lowest BCUT2D eigenvalue weighted by Gasteiger charge is -2.30. The fourth-order valence-corrected chi connectivity index (χ4v) is 2.92. The van der Waals surface area contributed by atoms with Crippen LogP contribution in [0, 0.1) is 5.92 Å². The molecule has 2 heterocycles. The van der Waals surface area contributed by atoms with Gasteiger partial charge in [0.05, 0.1) is 0 Å². The summed E-state index contributed by atoms with van der Waals surface area (Å²) < 4.78 is 5.78. The molecule has 0 bridgehead atoms. The zero-order chi connectivity index (χ0) is 15.7. The van der Waals surface area contributed by atoms with Gasteiger partial charge in [0.1, 0.15) is 5.52 Å². The van der Waals surface area contributed by atoms with E-state index < -0.39 is 0 Å². The monoisotopic (exact) mass is 321 g/mol. The Labute approximate surface area is 134 Å². The normalized spacial score (nSPS) is 16.5. The maximum atomic E-state index is 12.0. The molecule has 1 aromatic carbocycles. The Morgan fingerprint density at radius 3 is 2.82 bits per heavy atom. The summed E-state index contributed by atoms with van der Waals surface area (Å²) in [6.07, 6.45) is 1.63. The van der Waals surface area contributed by atoms with E-state index in [1.165, 1.54) is 0 Å². The molecule has 118 valence electrons. The summed E-state index contributed by atoms with van der Waals surface area (Å²) in [6, 6.07) is 6.23. The van der Waals surface area contributed by atoms with Gasteiger partial charge in [0.25, 0.3) is 6.01 Å². The van der Waals surface area contributed by atoms with E-state index >= 15 is 0 Å². The molecular weight excluding hydrogens is 302 g/mol. The summed E-state index contributed by atoms with van der Waals surface area (Å²) in [5, 5.41) is 3.62. The third-order valence-electron chi connectivity index (χ3n) is 3.91. The molecule has 1 amide bonds. The number of nitrogens with zero attached hydrogens (tertiary/aromatic N) is 2. The van der Waals surface area contributed by atoms with Gasteiger partial charge in [0.15, 0.2) is 5.58 Å². The van der Waals surface area contributed by atoms with Crippen LogP contribution in [0.2, 0.25) is 5.02 Å². The molecular formula is C16H20ClN3O2. The molecule has 1 aliphatic rings. The van der Waals surface area contributed by atoms with Crippen LogP contribution >= 0.6 is 11.6 Å². The van der Waals surface area contributed by atoms with E-state index in [0.717, 1.165) is 31.4 Å². The van der Waals surface area contributed by atoms with Crippen molar-refractivity contribution in [1.29, 1.82) is 0 Å². The van der Waals surface area contributed by atoms with E-state index in [2.05, 4.69) is 15.2 Å². The molecule has 22 heavy (non-hydrogen) atoms. The summed E-state index contributed by atoms with van der Waals surface area (Å²) in [4.78, 5) is 18.6. The lowest BCUT2D eigenvalue weighted by atomic mass is 9.96. The zero-order valence-corrected chi connectivity index (χ0v) is 13.6. The van der Waals surface area contributed by atoms with Gasteiger partial charge in [-0.15, -0.1) is 0 Å². The Morgan fingerprint density at radius 2 is 2.14 bits per heavy atom. The number of carbonyl (C=O) groups excluding carboxylic acids is 1. The molecule has 6 heteroatoms. The molecule has 1 aliphatic heterocycles. The number of aromatic nitrogens is 1. The predicted octanol–water partition coefficient (Wildman–Crippen LogP) is 3.22. The molecule has 0 aliphatic carbocycles. The zero-order valence-electron chi connectivity index (χ0n) is 12.8. The van der Waals surface area contributed by atoms with Crippen molar-refractivity contribution in [3.05, 3.63) is 23.2 Å². The number of halogens is 1. The highest BCUT2D eigenvalue weighted by Gasteiger charge is 2.27. The van der Waals surface area contributed by atoms with Crippen molar-refractivity contribution in [2.24, 2.45) is 5.92 Å². The Hall–Kier alpha value is -1.75. The van der Waals surface area contributed by atoms with Gasteiger partial charge in [-0.2, -0.15) is 4.98 Å². The molecule has 1 saturated heterocycles. The predicted molar refractivity (Wildman–Crippen MR) is 87.2 cm³/mol. The van der Waals surface area contributed by atoms with Crippen LogP contribution in [0.4, 0.5) is 6.01 Å². The minimum atomic E-state index is 0.0810. The molecule has 0 saturated carbocycles. The highest BCUT2D eigenvalue weighted by atomic mass is 35.5. The number of oxazole rings is 1. The van der Waals surface area contributed by atoms with Gasteiger partial charge in [-0.3, -0.25) is 4.79 Å². The Balaban J connectivity index is 1.66. The number of nitrogens with one attached hydrogen (secondary N) is 1. The number of anilines is 1. The quantitative estimate of drug-likeness (QED) is 0.943. The SMILES string of the molecule is CC(C)NC(=O)C1CCN(c2nc3ccc(Cl)cc3o2)CC1. The Morgan fingerprint density at radius 1 is 1.41 bits per heavy atom. The number of benzene rings is 1. The van der Waals surface area contributed by atoms with Crippen LogP contribution in [-0.4, -0.2) is 30.0 Å². The summed E-state index contributed by atoms with van der Waals surface area (Å²) in [6.45, 7) is 5.51. The molecule has 5 nitrogen and oxygen atoms in total. The fraction of sp³-hybridized carbons (Fsp3) is 0.500. The third kappa shape index (κ3) is 3.19. The second kappa shape index (κ2) is 6.16. The summed E-state index contributed by atoms with van der Waals surface area (Å²) in [5.41, 5.74) is 1.50. The van der Waals surface area contributed by atoms with Crippen molar-refractivity contribution in [2.75, 3.05) is 18.0 Å². The summed E-state index contributed by atoms with van der Waals surface area (Å²) >= 11 is 5.96. The van der Waals surface area contributed by atoms with Crippen LogP contribution in [0.1, 0.15) is 26.7 Å². The highest BCUT2D eigenvalue weighted by Crippen LogP contribution is 2.28. The molecule has 1 aromatic heterocycles. The minimum absolute atomic E-state index is 0.0810. The molecule has 2 aromatic rings. The van der Waals surface area contributed by atoms with Gasteiger partial charge in [-0.05, 0) is 38.8 Å². The van der Waals surface area contributed by atoms with E-state index in [4.69, 9.17) is 16.0 Å². The molecule has 0 spiro atoms. The minimum Gasteiger partial charge on any atom is -0.423 e. The molecule has 0 atom stereocenters. The number of carbonyl (C=O) groups is 1. The lowest BCUT2D eigenvalue weighted by Crippen LogP contribution is -2.42. The van der Waals surface area contributed by atoms with Crippen LogP contribution in [0.3, 0.4) is 0 Å². The first kappa shape index (κ1) is 15.2. The summed E-state index contributed by atoms with van der Waals surface area (Å²) in [5.74, 6) is 0.233. The van der Waals surface area contributed by atoms with Gasteiger partial charge < -0.3 is 14.6 Å². The number of hydrogen-bond donors (Lipinski definition) is 1. The number of rotatable bonds is 3. The van der Waals surface area contributed by atoms with Gasteiger partial charge >= 0.3 is 0 Å². The van der Waals surface area contributed by atoms with Gasteiger partial charge in [0.2, 0.25) is 5.91 Å². The topological polar surface area (TPSA) is 58.4 Å². The van der Waals surface area contributed by atoms with Crippen LogP contribution in [0.25, 0.3) is 11.1 Å². The Bertz CT molecular complexity index is 675. The molecule has 3 rings (SSSR count). The number of amides is 1. The first-order valence-electron chi connectivity index (χ1n) is 7.64. The van der Waals surface area contributed by atoms with Gasteiger partial charge in [-0.25, -0.2) is 0 Å². The lowest BCUT2D eigenvalue weighted by molar-refractivity contribution is -0.126. The number of hydrogen-bond acceptors (Lipinski definition) is 4. The maximum absolute atomic E-state index is 12.0. The second-order valence-corrected chi connectivity index (χ2v) is 6.47. The smallest absolute Gasteiger partial charge is 0.298 e. The van der Waals surface area contributed by atoms with E-state index in [1.54, 1.807) is 12.1 Å². The van der Waals surface area contributed by atoms with Gasteiger partial charge in [-0.1, -0.05) is 11.6 Å². The third-order valence-corrected chi connectivity index (χ3v) is 4.14. The first-order valence-corrected chi connectivity index (χ1v) is 8.02. The van der Waals surface area contributed by atoms with Crippen molar-refractivity contribution in [1.82, 2.24) is 10.3 Å². The average molecular weight is 322 g/mol. The van der Waals surface area contributed by atoms with Crippen LogP contribution in [-0.2, 0) is 4.79 Å². The average Bonchev–Trinajstić information content (AvgIpc) is 2.89. The van der Waals surface area contributed by atoms with Crippen LogP contribution in [0.15, 0.2) is 22.6 Å². The van der Waals surface area contributed by atoms with Crippen molar-refractivity contribution in [3.63, 3.8) is 0 Å². The maximum Gasteiger partial charge on any atom is 0.298 e.